The number of rotatable bonds is 9. The van der Waals surface area contributed by atoms with Crippen LogP contribution in [-0.4, -0.2) is 50.3 Å². The summed E-state index contributed by atoms with van der Waals surface area (Å²) < 4.78 is 10.2. The summed E-state index contributed by atoms with van der Waals surface area (Å²) in [7, 11) is 1.68. The Balaban J connectivity index is 4.52. The first-order valence-corrected chi connectivity index (χ1v) is 6.46. The molecule has 0 aromatic rings. The number of carbonyl (C=O) groups is 1. The lowest BCUT2D eigenvalue weighted by Crippen LogP contribution is -2.45. The van der Waals surface area contributed by atoms with E-state index < -0.39 is 0 Å². The molecule has 0 heterocycles. The van der Waals surface area contributed by atoms with E-state index in [0.29, 0.717) is 19.1 Å². The fraction of sp³-hybridized carbons (Fsp3) is 0.923. The summed E-state index contributed by atoms with van der Waals surface area (Å²) in [6, 6.07) is -0.146. The van der Waals surface area contributed by atoms with Gasteiger partial charge in [-0.2, -0.15) is 0 Å². The maximum Gasteiger partial charge on any atom is 0.323 e. The molecule has 0 bridgehead atoms. The van der Waals surface area contributed by atoms with Gasteiger partial charge < -0.3 is 9.47 Å². The van der Waals surface area contributed by atoms with Gasteiger partial charge in [-0.15, -0.1) is 0 Å². The Bertz CT molecular complexity index is 207. The summed E-state index contributed by atoms with van der Waals surface area (Å²) in [5.74, 6) is 0.405. The Kier molecular flexibility index (Phi) is 9.09. The first-order valence-electron chi connectivity index (χ1n) is 6.46. The number of nitrogens with zero attached hydrogens (tertiary/aromatic N) is 1. The minimum atomic E-state index is -0.146. The average Bonchev–Trinajstić information content (AvgIpc) is 2.26. The van der Waals surface area contributed by atoms with E-state index >= 15 is 0 Å². The Morgan fingerprint density at radius 1 is 1.29 bits per heavy atom. The van der Waals surface area contributed by atoms with Crippen molar-refractivity contribution in [2.45, 2.75) is 40.2 Å². The van der Waals surface area contributed by atoms with Crippen molar-refractivity contribution in [1.29, 1.82) is 0 Å². The van der Waals surface area contributed by atoms with E-state index in [1.807, 2.05) is 13.8 Å². The number of hydrogen-bond donors (Lipinski definition) is 0. The normalized spacial score (nSPS) is 13.1. The third kappa shape index (κ3) is 6.64. The molecule has 0 radical (unpaired) electrons. The van der Waals surface area contributed by atoms with Gasteiger partial charge in [-0.25, -0.2) is 0 Å². The smallest absolute Gasteiger partial charge is 0.323 e. The predicted molar refractivity (Wildman–Crippen MR) is 69.0 cm³/mol. The minimum absolute atomic E-state index is 0.119. The van der Waals surface area contributed by atoms with Crippen molar-refractivity contribution in [1.82, 2.24) is 4.90 Å². The summed E-state index contributed by atoms with van der Waals surface area (Å²) in [5.41, 5.74) is 0. The number of methoxy groups -OCH3 is 1. The van der Waals surface area contributed by atoms with Crippen LogP contribution < -0.4 is 0 Å². The summed E-state index contributed by atoms with van der Waals surface area (Å²) in [4.78, 5) is 14.0. The Morgan fingerprint density at radius 3 is 2.35 bits per heavy atom. The average molecular weight is 245 g/mol. The largest absolute Gasteiger partial charge is 0.465 e. The number of carbonyl (C=O) groups excluding carboxylic acids is 1. The zero-order valence-corrected chi connectivity index (χ0v) is 11.9. The van der Waals surface area contributed by atoms with Gasteiger partial charge in [0.1, 0.15) is 6.04 Å². The van der Waals surface area contributed by atoms with Crippen molar-refractivity contribution in [3.05, 3.63) is 0 Å². The number of esters is 1. The molecule has 0 aliphatic rings. The summed E-state index contributed by atoms with van der Waals surface area (Å²) in [6.45, 7) is 10.9. The van der Waals surface area contributed by atoms with Gasteiger partial charge in [0.15, 0.2) is 0 Å². The Labute approximate surface area is 105 Å². The van der Waals surface area contributed by atoms with Crippen molar-refractivity contribution in [2.75, 3.05) is 33.4 Å². The van der Waals surface area contributed by atoms with Gasteiger partial charge >= 0.3 is 5.97 Å². The van der Waals surface area contributed by atoms with Crippen LogP contribution in [0, 0.1) is 5.92 Å². The van der Waals surface area contributed by atoms with Crippen LogP contribution in [0.25, 0.3) is 0 Å². The maximum absolute atomic E-state index is 11.9. The molecular formula is C13H27NO3. The lowest BCUT2D eigenvalue weighted by Gasteiger charge is -2.30. The Morgan fingerprint density at radius 2 is 1.94 bits per heavy atom. The topological polar surface area (TPSA) is 38.8 Å². The SMILES string of the molecule is CCOC(=O)C(CC)N(CCOC)CC(C)C. The standard InChI is InChI=1S/C13H27NO3/c1-6-12(13(15)17-7-2)14(8-9-16-5)10-11(3)4/h11-12H,6-10H2,1-5H3. The highest BCUT2D eigenvalue weighted by molar-refractivity contribution is 5.75. The van der Waals surface area contributed by atoms with E-state index in [-0.39, 0.29) is 12.0 Å². The van der Waals surface area contributed by atoms with Gasteiger partial charge in [0.25, 0.3) is 0 Å². The molecule has 0 aromatic heterocycles. The second-order valence-electron chi connectivity index (χ2n) is 4.56. The van der Waals surface area contributed by atoms with Crippen LogP contribution in [-0.2, 0) is 14.3 Å². The van der Waals surface area contributed by atoms with E-state index in [4.69, 9.17) is 9.47 Å². The number of ether oxygens (including phenoxy) is 2. The van der Waals surface area contributed by atoms with E-state index in [1.165, 1.54) is 0 Å². The van der Waals surface area contributed by atoms with E-state index in [1.54, 1.807) is 7.11 Å². The quantitative estimate of drug-likeness (QED) is 0.582. The molecule has 0 fully saturated rings. The predicted octanol–water partition coefficient (Wildman–Crippen LogP) is 1.93. The van der Waals surface area contributed by atoms with Crippen molar-refractivity contribution < 1.29 is 14.3 Å². The van der Waals surface area contributed by atoms with Crippen molar-refractivity contribution in [2.24, 2.45) is 5.92 Å². The lowest BCUT2D eigenvalue weighted by molar-refractivity contribution is -0.150. The summed E-state index contributed by atoms with van der Waals surface area (Å²) >= 11 is 0. The van der Waals surface area contributed by atoms with Gasteiger partial charge in [0.05, 0.1) is 13.2 Å². The van der Waals surface area contributed by atoms with Gasteiger partial charge in [-0.1, -0.05) is 20.8 Å². The van der Waals surface area contributed by atoms with Crippen LogP contribution in [0.5, 0.6) is 0 Å². The van der Waals surface area contributed by atoms with E-state index in [9.17, 15) is 4.79 Å². The molecule has 0 aliphatic heterocycles. The van der Waals surface area contributed by atoms with E-state index in [0.717, 1.165) is 19.5 Å². The van der Waals surface area contributed by atoms with Gasteiger partial charge in [0.2, 0.25) is 0 Å². The van der Waals surface area contributed by atoms with Crippen LogP contribution in [0.3, 0.4) is 0 Å². The van der Waals surface area contributed by atoms with Crippen molar-refractivity contribution in [3.8, 4) is 0 Å². The third-order valence-electron chi connectivity index (χ3n) is 2.57. The Hall–Kier alpha value is -0.610. The van der Waals surface area contributed by atoms with Gasteiger partial charge in [-0.05, 0) is 19.3 Å². The fourth-order valence-corrected chi connectivity index (χ4v) is 1.86. The maximum atomic E-state index is 11.9. The minimum Gasteiger partial charge on any atom is -0.465 e. The second kappa shape index (κ2) is 9.42. The molecule has 0 aromatic carbocycles. The lowest BCUT2D eigenvalue weighted by atomic mass is 10.1. The summed E-state index contributed by atoms with van der Waals surface area (Å²) in [6.07, 6.45) is 0.773. The van der Waals surface area contributed by atoms with Crippen molar-refractivity contribution >= 4 is 5.97 Å². The van der Waals surface area contributed by atoms with Gasteiger partial charge in [0, 0.05) is 20.2 Å². The molecule has 17 heavy (non-hydrogen) atoms. The van der Waals surface area contributed by atoms with Crippen molar-refractivity contribution in [3.63, 3.8) is 0 Å². The van der Waals surface area contributed by atoms with Crippen LogP contribution in [0.2, 0.25) is 0 Å². The van der Waals surface area contributed by atoms with Crippen LogP contribution >= 0.6 is 0 Å². The van der Waals surface area contributed by atoms with Crippen LogP contribution in [0.15, 0.2) is 0 Å². The molecule has 0 saturated heterocycles. The molecular weight excluding hydrogens is 218 g/mol. The summed E-state index contributed by atoms with van der Waals surface area (Å²) in [5, 5.41) is 0. The van der Waals surface area contributed by atoms with Gasteiger partial charge in [-0.3, -0.25) is 9.69 Å². The number of hydrogen-bond acceptors (Lipinski definition) is 4. The monoisotopic (exact) mass is 245 g/mol. The molecule has 1 unspecified atom stereocenters. The molecule has 102 valence electrons. The third-order valence-corrected chi connectivity index (χ3v) is 2.57. The molecule has 4 nitrogen and oxygen atoms in total. The molecule has 0 aliphatic carbocycles. The van der Waals surface area contributed by atoms with Crippen LogP contribution in [0.4, 0.5) is 0 Å². The highest BCUT2D eigenvalue weighted by atomic mass is 16.5. The zero-order valence-electron chi connectivity index (χ0n) is 11.9. The highest BCUT2D eigenvalue weighted by Gasteiger charge is 2.25. The molecule has 1 atom stereocenters. The van der Waals surface area contributed by atoms with E-state index in [2.05, 4.69) is 18.7 Å². The fourth-order valence-electron chi connectivity index (χ4n) is 1.86. The second-order valence-corrected chi connectivity index (χ2v) is 4.56. The molecule has 0 N–H and O–H groups in total. The molecule has 0 amide bonds. The molecule has 0 saturated carbocycles. The molecule has 4 heteroatoms. The first kappa shape index (κ1) is 16.4. The zero-order chi connectivity index (χ0) is 13.3. The first-order chi connectivity index (χ1) is 8.06. The van der Waals surface area contributed by atoms with Crippen LogP contribution in [0.1, 0.15) is 34.1 Å². The highest BCUT2D eigenvalue weighted by Crippen LogP contribution is 2.10. The molecule has 0 rings (SSSR count). The molecule has 0 spiro atoms.